The van der Waals surface area contributed by atoms with Crippen LogP contribution >= 0.6 is 0 Å². The van der Waals surface area contributed by atoms with E-state index in [4.69, 9.17) is 4.74 Å². The van der Waals surface area contributed by atoms with Crippen LogP contribution in [0.1, 0.15) is 29.5 Å². The molecule has 1 unspecified atom stereocenters. The highest BCUT2D eigenvalue weighted by Crippen LogP contribution is 2.36. The normalized spacial score (nSPS) is 18.3. The smallest absolute Gasteiger partial charge is 0.416 e. The van der Waals surface area contributed by atoms with Gasteiger partial charge >= 0.3 is 18.0 Å². The Morgan fingerprint density at radius 3 is 2.63 bits per heavy atom. The molecule has 0 spiro atoms. The van der Waals surface area contributed by atoms with Crippen LogP contribution in [-0.4, -0.2) is 30.6 Å². The molecule has 1 aliphatic rings. The van der Waals surface area contributed by atoms with Crippen LogP contribution in [0.25, 0.3) is 0 Å². The quantitative estimate of drug-likeness (QED) is 0.661. The molecule has 9 heteroatoms. The fourth-order valence-electron chi connectivity index (χ4n) is 3.52. The van der Waals surface area contributed by atoms with E-state index in [2.05, 4.69) is 10.6 Å². The number of ether oxygens (including phenoxy) is 1. The fraction of sp³-hybridized carbons (Fsp3) is 0.333. The van der Waals surface area contributed by atoms with Gasteiger partial charge in [0.25, 0.3) is 0 Å². The number of halogens is 3. The maximum atomic E-state index is 12.8. The molecule has 0 bridgehead atoms. The van der Waals surface area contributed by atoms with E-state index in [1.165, 1.54) is 6.07 Å². The minimum Gasteiger partial charge on any atom is -0.497 e. The zero-order valence-electron chi connectivity index (χ0n) is 16.2. The summed E-state index contributed by atoms with van der Waals surface area (Å²) in [6.45, 7) is -0.207. The van der Waals surface area contributed by atoms with E-state index in [1.807, 2.05) is 6.07 Å². The number of aliphatic hydroxyl groups is 1. The van der Waals surface area contributed by atoms with Crippen molar-refractivity contribution in [1.29, 1.82) is 0 Å². The zero-order chi connectivity index (χ0) is 21.9. The Hall–Kier alpha value is -3.07. The number of alkyl halides is 3. The Morgan fingerprint density at radius 2 is 1.93 bits per heavy atom. The lowest BCUT2D eigenvalue weighted by Gasteiger charge is -2.34. The molecule has 1 aliphatic carbocycles. The summed E-state index contributed by atoms with van der Waals surface area (Å²) < 4.78 is 43.5. The molecule has 2 aromatic carbocycles. The number of hydrogen-bond acceptors (Lipinski definition) is 4. The van der Waals surface area contributed by atoms with E-state index < -0.39 is 29.2 Å². The Morgan fingerprint density at radius 1 is 1.17 bits per heavy atom. The van der Waals surface area contributed by atoms with Gasteiger partial charge in [0.1, 0.15) is 11.4 Å². The van der Waals surface area contributed by atoms with Crippen LogP contribution < -0.4 is 15.4 Å². The number of hydrogen-bond donors (Lipinski definition) is 3. The van der Waals surface area contributed by atoms with Gasteiger partial charge in [-0.3, -0.25) is 9.59 Å². The average Bonchev–Trinajstić information content (AvgIpc) is 2.71. The first-order valence-electron chi connectivity index (χ1n) is 9.28. The Kier molecular flexibility index (Phi) is 6.02. The molecule has 3 rings (SSSR count). The van der Waals surface area contributed by atoms with Crippen molar-refractivity contribution < 1.29 is 32.6 Å². The van der Waals surface area contributed by atoms with Crippen LogP contribution in [0.5, 0.6) is 5.75 Å². The predicted octanol–water partition coefficient (Wildman–Crippen LogP) is 2.99. The number of amides is 2. The van der Waals surface area contributed by atoms with E-state index in [0.29, 0.717) is 24.2 Å². The van der Waals surface area contributed by atoms with Crippen molar-refractivity contribution in [2.24, 2.45) is 0 Å². The second kappa shape index (κ2) is 8.35. The number of rotatable bonds is 4. The first kappa shape index (κ1) is 21.6. The summed E-state index contributed by atoms with van der Waals surface area (Å²) in [5.74, 6) is -1.52. The van der Waals surface area contributed by atoms with Crippen molar-refractivity contribution in [2.75, 3.05) is 19.0 Å². The van der Waals surface area contributed by atoms with Gasteiger partial charge in [0.2, 0.25) is 0 Å². The number of carbonyl (C=O) groups is 2. The third-order valence-corrected chi connectivity index (χ3v) is 5.05. The molecule has 0 heterocycles. The number of aryl methyl sites for hydroxylation is 1. The number of fused-ring (bicyclic) bond motifs is 1. The van der Waals surface area contributed by atoms with Gasteiger partial charge in [0.15, 0.2) is 0 Å². The third kappa shape index (κ3) is 4.73. The molecule has 2 aromatic rings. The molecule has 30 heavy (non-hydrogen) atoms. The van der Waals surface area contributed by atoms with Gasteiger partial charge in [-0.05, 0) is 60.7 Å². The first-order chi connectivity index (χ1) is 14.1. The van der Waals surface area contributed by atoms with Crippen molar-refractivity contribution in [3.63, 3.8) is 0 Å². The molecule has 0 aromatic heterocycles. The molecule has 0 radical (unpaired) electrons. The van der Waals surface area contributed by atoms with E-state index >= 15 is 0 Å². The minimum absolute atomic E-state index is 0.154. The Balaban J connectivity index is 1.65. The van der Waals surface area contributed by atoms with E-state index in [-0.39, 0.29) is 12.2 Å². The molecular weight excluding hydrogens is 401 g/mol. The summed E-state index contributed by atoms with van der Waals surface area (Å²) >= 11 is 0. The lowest BCUT2D eigenvalue weighted by molar-refractivity contribution is -0.137. The van der Waals surface area contributed by atoms with Gasteiger partial charge in [0.05, 0.1) is 19.2 Å². The lowest BCUT2D eigenvalue weighted by Crippen LogP contribution is -2.46. The minimum atomic E-state index is -4.57. The van der Waals surface area contributed by atoms with Crippen LogP contribution in [0.3, 0.4) is 0 Å². The number of methoxy groups -OCH3 is 1. The molecule has 3 N–H and O–H groups in total. The molecule has 2 amide bonds. The summed E-state index contributed by atoms with van der Waals surface area (Å²) in [6.07, 6.45) is -2.74. The average molecular weight is 422 g/mol. The maximum absolute atomic E-state index is 12.8. The highest BCUT2D eigenvalue weighted by molar-refractivity contribution is 6.39. The fourth-order valence-corrected chi connectivity index (χ4v) is 3.52. The van der Waals surface area contributed by atoms with Gasteiger partial charge in [-0.25, -0.2) is 0 Å². The van der Waals surface area contributed by atoms with Crippen LogP contribution in [0.4, 0.5) is 18.9 Å². The predicted molar refractivity (Wildman–Crippen MR) is 103 cm³/mol. The van der Waals surface area contributed by atoms with Crippen molar-refractivity contribution in [3.05, 3.63) is 59.2 Å². The van der Waals surface area contributed by atoms with E-state index in [1.54, 1.807) is 19.2 Å². The number of benzene rings is 2. The van der Waals surface area contributed by atoms with Crippen LogP contribution in [0, 0.1) is 0 Å². The van der Waals surface area contributed by atoms with Gasteiger partial charge in [0, 0.05) is 5.69 Å². The first-order valence-corrected chi connectivity index (χ1v) is 9.28. The van der Waals surface area contributed by atoms with E-state index in [0.717, 1.165) is 30.2 Å². The second-order valence-electron chi connectivity index (χ2n) is 7.12. The molecule has 0 saturated carbocycles. The number of anilines is 1. The Labute approximate surface area is 171 Å². The van der Waals surface area contributed by atoms with Crippen LogP contribution in [0.2, 0.25) is 0 Å². The summed E-state index contributed by atoms with van der Waals surface area (Å²) in [7, 11) is 1.54. The second-order valence-corrected chi connectivity index (χ2v) is 7.12. The molecular formula is C21H21F3N2O4. The Bertz CT molecular complexity index is 962. The highest BCUT2D eigenvalue weighted by atomic mass is 19.4. The lowest BCUT2D eigenvalue weighted by atomic mass is 9.79. The summed E-state index contributed by atoms with van der Waals surface area (Å²) in [5, 5.41) is 15.5. The molecule has 1 atom stereocenters. The van der Waals surface area contributed by atoms with Gasteiger partial charge < -0.3 is 20.5 Å². The highest BCUT2D eigenvalue weighted by Gasteiger charge is 2.35. The largest absolute Gasteiger partial charge is 0.497 e. The molecule has 6 nitrogen and oxygen atoms in total. The van der Waals surface area contributed by atoms with Gasteiger partial charge in [-0.15, -0.1) is 0 Å². The maximum Gasteiger partial charge on any atom is 0.416 e. The van der Waals surface area contributed by atoms with Crippen molar-refractivity contribution in [1.82, 2.24) is 5.32 Å². The van der Waals surface area contributed by atoms with Crippen LogP contribution in [0.15, 0.2) is 42.5 Å². The SMILES string of the molecule is COc1ccc2c(c1)CCCC2(O)CNC(=O)C(=O)Nc1cccc(C(F)(F)F)c1. The van der Waals surface area contributed by atoms with Crippen molar-refractivity contribution >= 4 is 17.5 Å². The molecule has 0 saturated heterocycles. The standard InChI is InChI=1S/C21H21F3N2O4/c1-30-16-7-8-17-13(10-16)4-3-9-20(17,29)12-25-18(27)19(28)26-15-6-2-5-14(11-15)21(22,23)24/h2,5-8,10-11,29H,3-4,9,12H2,1H3,(H,25,27)(H,26,28). The van der Waals surface area contributed by atoms with Gasteiger partial charge in [-0.1, -0.05) is 12.1 Å². The third-order valence-electron chi connectivity index (χ3n) is 5.05. The summed E-state index contributed by atoms with van der Waals surface area (Å²) in [6, 6.07) is 9.23. The number of nitrogens with one attached hydrogen (secondary N) is 2. The molecule has 160 valence electrons. The van der Waals surface area contributed by atoms with E-state index in [9.17, 15) is 27.9 Å². The zero-order valence-corrected chi connectivity index (χ0v) is 16.2. The monoisotopic (exact) mass is 422 g/mol. The van der Waals surface area contributed by atoms with Gasteiger partial charge in [-0.2, -0.15) is 13.2 Å². The topological polar surface area (TPSA) is 87.7 Å². The number of carbonyl (C=O) groups excluding carboxylic acids is 2. The van der Waals surface area contributed by atoms with Crippen molar-refractivity contribution in [2.45, 2.75) is 31.0 Å². The molecule has 0 aliphatic heterocycles. The summed E-state index contributed by atoms with van der Waals surface area (Å²) in [5.41, 5.74) is -0.909. The van der Waals surface area contributed by atoms with Crippen molar-refractivity contribution in [3.8, 4) is 5.75 Å². The van der Waals surface area contributed by atoms with Crippen LogP contribution in [-0.2, 0) is 27.8 Å². The molecule has 0 fully saturated rings. The summed E-state index contributed by atoms with van der Waals surface area (Å²) in [4.78, 5) is 24.2.